The molecule has 0 aliphatic rings. The van der Waals surface area contributed by atoms with Crippen molar-refractivity contribution in [2.45, 2.75) is 17.9 Å². The molecule has 0 saturated heterocycles. The van der Waals surface area contributed by atoms with Gasteiger partial charge in [0.05, 0.1) is 15.8 Å². The molecule has 1 heterocycles. The molecular formula is C17H17FN6O2S. The van der Waals surface area contributed by atoms with Gasteiger partial charge in [-0.3, -0.25) is 14.7 Å². The van der Waals surface area contributed by atoms with Gasteiger partial charge in [-0.25, -0.2) is 9.07 Å². The van der Waals surface area contributed by atoms with E-state index in [2.05, 4.69) is 15.6 Å². The van der Waals surface area contributed by atoms with Gasteiger partial charge >= 0.3 is 0 Å². The van der Waals surface area contributed by atoms with Crippen molar-refractivity contribution in [2.24, 2.45) is 5.14 Å². The van der Waals surface area contributed by atoms with Gasteiger partial charge < -0.3 is 11.1 Å². The van der Waals surface area contributed by atoms with Crippen LogP contribution >= 0.6 is 11.9 Å². The Morgan fingerprint density at radius 3 is 2.89 bits per heavy atom. The monoisotopic (exact) mass is 388 g/mol. The Balaban J connectivity index is 1.62. The van der Waals surface area contributed by atoms with Crippen molar-refractivity contribution in [3.8, 4) is 0 Å². The molecule has 3 rings (SSSR count). The number of anilines is 1. The Bertz CT molecular complexity index is 1060. The number of rotatable bonds is 6. The SMILES string of the molecule is NSc1c(N)cccc1C(=O)NCCCn1nnc2cc(F)ccc2c1=O. The molecule has 3 aromatic rings. The number of halogens is 1. The van der Waals surface area contributed by atoms with Gasteiger partial charge in [-0.1, -0.05) is 11.3 Å². The van der Waals surface area contributed by atoms with E-state index in [9.17, 15) is 14.0 Å². The number of benzene rings is 2. The molecule has 0 saturated carbocycles. The van der Waals surface area contributed by atoms with Gasteiger partial charge in [-0.05, 0) is 42.6 Å². The number of nitrogen functional groups attached to an aromatic ring is 1. The molecule has 0 aliphatic heterocycles. The quantitative estimate of drug-likeness (QED) is 0.330. The zero-order valence-electron chi connectivity index (χ0n) is 14.2. The Morgan fingerprint density at radius 1 is 1.30 bits per heavy atom. The summed E-state index contributed by atoms with van der Waals surface area (Å²) in [4.78, 5) is 25.1. The van der Waals surface area contributed by atoms with E-state index in [1.54, 1.807) is 18.2 Å². The fourth-order valence-electron chi connectivity index (χ4n) is 2.59. The molecule has 0 unspecified atom stereocenters. The van der Waals surface area contributed by atoms with Crippen molar-refractivity contribution in [2.75, 3.05) is 12.3 Å². The number of carbonyl (C=O) groups is 1. The number of nitrogens with one attached hydrogen (secondary N) is 1. The molecule has 1 amide bonds. The average molecular weight is 388 g/mol. The van der Waals surface area contributed by atoms with E-state index in [4.69, 9.17) is 10.9 Å². The summed E-state index contributed by atoms with van der Waals surface area (Å²) in [6, 6.07) is 8.73. The predicted molar refractivity (Wildman–Crippen MR) is 102 cm³/mol. The second-order valence-electron chi connectivity index (χ2n) is 5.73. The van der Waals surface area contributed by atoms with Crippen LogP contribution in [0, 0.1) is 5.82 Å². The van der Waals surface area contributed by atoms with Crippen molar-refractivity contribution < 1.29 is 9.18 Å². The highest BCUT2D eigenvalue weighted by molar-refractivity contribution is 7.97. The lowest BCUT2D eigenvalue weighted by Gasteiger charge is -2.10. The Hall–Kier alpha value is -2.98. The van der Waals surface area contributed by atoms with Crippen LogP contribution in [-0.4, -0.2) is 27.4 Å². The van der Waals surface area contributed by atoms with Crippen LogP contribution in [0.3, 0.4) is 0 Å². The van der Waals surface area contributed by atoms with Crippen molar-refractivity contribution >= 4 is 34.4 Å². The number of hydrogen-bond donors (Lipinski definition) is 3. The molecule has 1 aromatic heterocycles. The molecular weight excluding hydrogens is 371 g/mol. The van der Waals surface area contributed by atoms with Crippen LogP contribution in [-0.2, 0) is 6.54 Å². The summed E-state index contributed by atoms with van der Waals surface area (Å²) in [6.45, 7) is 0.576. The summed E-state index contributed by atoms with van der Waals surface area (Å²) in [5.41, 5.74) is 6.49. The van der Waals surface area contributed by atoms with Crippen LogP contribution in [0.2, 0.25) is 0 Å². The number of carbonyl (C=O) groups excluding carboxylic acids is 1. The van der Waals surface area contributed by atoms with E-state index in [0.29, 0.717) is 34.5 Å². The molecule has 0 bridgehead atoms. The van der Waals surface area contributed by atoms with Gasteiger partial charge in [0.2, 0.25) is 0 Å². The molecule has 8 nitrogen and oxygen atoms in total. The molecule has 0 spiro atoms. The van der Waals surface area contributed by atoms with Crippen LogP contribution in [0.5, 0.6) is 0 Å². The number of aryl methyl sites for hydroxylation is 1. The highest BCUT2D eigenvalue weighted by Crippen LogP contribution is 2.24. The molecule has 2 aromatic carbocycles. The fraction of sp³-hybridized carbons (Fsp3) is 0.176. The standard InChI is InChI=1S/C17H17FN6O2S/c18-10-5-6-11-14(9-10)22-23-24(17(11)26)8-2-7-21-16(25)12-3-1-4-13(19)15(12)27-20/h1,3-6,9H,2,7-8,19-20H2,(H,21,25). The number of fused-ring (bicyclic) bond motifs is 1. The highest BCUT2D eigenvalue weighted by atomic mass is 32.2. The minimum atomic E-state index is -0.478. The molecule has 0 aliphatic carbocycles. The largest absolute Gasteiger partial charge is 0.398 e. The van der Waals surface area contributed by atoms with Crippen molar-refractivity contribution in [3.05, 3.63) is 58.1 Å². The third-order valence-corrected chi connectivity index (χ3v) is 4.62. The van der Waals surface area contributed by atoms with Crippen molar-refractivity contribution in [1.82, 2.24) is 20.3 Å². The smallest absolute Gasteiger partial charge is 0.277 e. The normalized spacial score (nSPS) is 10.9. The summed E-state index contributed by atoms with van der Waals surface area (Å²) >= 11 is 0.914. The van der Waals surface area contributed by atoms with Crippen LogP contribution in [0.25, 0.3) is 10.9 Å². The maximum absolute atomic E-state index is 13.2. The zero-order chi connectivity index (χ0) is 19.4. The lowest BCUT2D eigenvalue weighted by Crippen LogP contribution is -2.29. The van der Waals surface area contributed by atoms with Gasteiger partial charge in [-0.2, -0.15) is 0 Å². The van der Waals surface area contributed by atoms with Crippen molar-refractivity contribution in [3.63, 3.8) is 0 Å². The molecule has 0 radical (unpaired) electrons. The lowest BCUT2D eigenvalue weighted by atomic mass is 10.2. The van der Waals surface area contributed by atoms with Gasteiger partial charge in [-0.15, -0.1) is 5.10 Å². The average Bonchev–Trinajstić information content (AvgIpc) is 2.66. The van der Waals surface area contributed by atoms with Crippen LogP contribution < -0.4 is 21.7 Å². The van der Waals surface area contributed by atoms with E-state index in [-0.39, 0.29) is 23.5 Å². The van der Waals surface area contributed by atoms with Crippen LogP contribution in [0.15, 0.2) is 46.1 Å². The summed E-state index contributed by atoms with van der Waals surface area (Å²) < 4.78 is 14.4. The Kier molecular flexibility index (Phi) is 5.67. The number of hydrogen-bond acceptors (Lipinski definition) is 7. The first-order chi connectivity index (χ1) is 13.0. The maximum atomic E-state index is 13.2. The first-order valence-electron chi connectivity index (χ1n) is 8.07. The Labute approximate surface area is 157 Å². The molecule has 0 fully saturated rings. The van der Waals surface area contributed by atoms with E-state index >= 15 is 0 Å². The van der Waals surface area contributed by atoms with Gasteiger partial charge in [0.15, 0.2) is 0 Å². The van der Waals surface area contributed by atoms with Crippen LogP contribution in [0.4, 0.5) is 10.1 Å². The lowest BCUT2D eigenvalue weighted by molar-refractivity contribution is 0.0949. The van der Waals surface area contributed by atoms with E-state index in [1.165, 1.54) is 16.8 Å². The summed E-state index contributed by atoms with van der Waals surface area (Å²) in [5, 5.41) is 16.3. The van der Waals surface area contributed by atoms with Crippen molar-refractivity contribution in [1.29, 1.82) is 0 Å². The first kappa shape index (κ1) is 18.8. The third-order valence-electron chi connectivity index (χ3n) is 3.93. The van der Waals surface area contributed by atoms with Crippen LogP contribution in [0.1, 0.15) is 16.8 Å². The van der Waals surface area contributed by atoms with E-state index in [0.717, 1.165) is 18.0 Å². The van der Waals surface area contributed by atoms with E-state index in [1.807, 2.05) is 0 Å². The molecule has 140 valence electrons. The minimum Gasteiger partial charge on any atom is -0.398 e. The summed E-state index contributed by atoms with van der Waals surface area (Å²) in [5.74, 6) is -0.782. The highest BCUT2D eigenvalue weighted by Gasteiger charge is 2.13. The fourth-order valence-corrected chi connectivity index (χ4v) is 3.08. The minimum absolute atomic E-state index is 0.207. The Morgan fingerprint density at radius 2 is 2.11 bits per heavy atom. The molecule has 10 heteroatoms. The predicted octanol–water partition coefficient (Wildman–Crippen LogP) is 1.30. The molecule has 27 heavy (non-hydrogen) atoms. The maximum Gasteiger partial charge on any atom is 0.277 e. The first-order valence-corrected chi connectivity index (χ1v) is 8.95. The van der Waals surface area contributed by atoms with E-state index < -0.39 is 5.82 Å². The third kappa shape index (κ3) is 4.07. The van der Waals surface area contributed by atoms with Gasteiger partial charge in [0.1, 0.15) is 11.3 Å². The van der Waals surface area contributed by atoms with Gasteiger partial charge in [0.25, 0.3) is 11.5 Å². The number of nitrogens with zero attached hydrogens (tertiary/aromatic N) is 3. The summed E-state index contributed by atoms with van der Waals surface area (Å²) in [7, 11) is 0. The number of nitrogens with two attached hydrogens (primary N) is 2. The summed E-state index contributed by atoms with van der Waals surface area (Å²) in [6.07, 6.45) is 0.459. The molecule has 0 atom stereocenters. The second kappa shape index (κ2) is 8.14. The topological polar surface area (TPSA) is 129 Å². The zero-order valence-corrected chi connectivity index (χ0v) is 15.0. The van der Waals surface area contributed by atoms with Gasteiger partial charge in [0, 0.05) is 24.8 Å². The molecule has 5 N–H and O–H groups in total. The second-order valence-corrected chi connectivity index (χ2v) is 6.37. The number of aromatic nitrogens is 3. The number of amides is 1.